The fourth-order valence-electron chi connectivity index (χ4n) is 4.32. The topological polar surface area (TPSA) is 126 Å². The van der Waals surface area contributed by atoms with Crippen LogP contribution in [0.25, 0.3) is 0 Å². The molecule has 1 aromatic rings. The summed E-state index contributed by atoms with van der Waals surface area (Å²) in [5.41, 5.74) is -1.41. The van der Waals surface area contributed by atoms with Crippen molar-refractivity contribution >= 4 is 35.4 Å². The molecule has 0 saturated carbocycles. The van der Waals surface area contributed by atoms with Gasteiger partial charge in [-0.05, 0) is 18.2 Å². The number of fused-ring (bicyclic) bond motifs is 5. The maximum atomic E-state index is 13.4. The van der Waals surface area contributed by atoms with Gasteiger partial charge in [0.2, 0.25) is 11.8 Å². The summed E-state index contributed by atoms with van der Waals surface area (Å²) in [7, 11) is 0. The molecule has 3 aliphatic heterocycles. The molecule has 31 heavy (non-hydrogen) atoms. The third kappa shape index (κ3) is 3.28. The molecule has 0 aliphatic carbocycles. The maximum Gasteiger partial charge on any atom is 0.308 e. The average Bonchev–Trinajstić information content (AvgIpc) is 3.31. The Bertz CT molecular complexity index is 1020. The summed E-state index contributed by atoms with van der Waals surface area (Å²) in [5.74, 6) is -4.94. The molecule has 2 saturated heterocycles. The zero-order valence-corrected chi connectivity index (χ0v) is 16.9. The number of benzene rings is 1. The van der Waals surface area contributed by atoms with Crippen molar-refractivity contribution in [2.24, 2.45) is 11.8 Å². The van der Waals surface area contributed by atoms with E-state index < -0.39 is 59.6 Å². The fourth-order valence-corrected chi connectivity index (χ4v) is 4.32. The summed E-state index contributed by atoms with van der Waals surface area (Å²) in [5, 5.41) is 0. The van der Waals surface area contributed by atoms with Crippen LogP contribution in [0.5, 0.6) is 5.75 Å². The van der Waals surface area contributed by atoms with Crippen LogP contribution in [0.15, 0.2) is 36.4 Å². The van der Waals surface area contributed by atoms with Gasteiger partial charge in [-0.3, -0.25) is 24.0 Å². The maximum absolute atomic E-state index is 13.4. The van der Waals surface area contributed by atoms with Crippen molar-refractivity contribution in [2.75, 3.05) is 4.90 Å². The van der Waals surface area contributed by atoms with Crippen molar-refractivity contribution in [1.29, 1.82) is 0 Å². The van der Waals surface area contributed by atoms with Crippen molar-refractivity contribution < 1.29 is 42.9 Å². The summed E-state index contributed by atoms with van der Waals surface area (Å²) in [6.07, 6.45) is 0.796. The Labute approximate surface area is 176 Å². The number of hydrogen-bond donors (Lipinski definition) is 0. The van der Waals surface area contributed by atoms with Crippen molar-refractivity contribution in [3.05, 3.63) is 36.4 Å². The first-order valence-corrected chi connectivity index (χ1v) is 9.52. The quantitative estimate of drug-likeness (QED) is 0.220. The molecule has 10 nitrogen and oxygen atoms in total. The fraction of sp³-hybridized carbons (Fsp3) is 0.381. The molecule has 2 bridgehead atoms. The van der Waals surface area contributed by atoms with Crippen molar-refractivity contribution in [2.45, 2.75) is 38.8 Å². The van der Waals surface area contributed by atoms with Crippen molar-refractivity contribution in [3.8, 4) is 5.75 Å². The lowest BCUT2D eigenvalue weighted by Crippen LogP contribution is -2.52. The number of ether oxygens (including phenoxy) is 4. The number of carbonyl (C=O) groups is 5. The van der Waals surface area contributed by atoms with E-state index in [2.05, 4.69) is 0 Å². The Kier molecular flexibility index (Phi) is 4.89. The molecule has 162 valence electrons. The van der Waals surface area contributed by atoms with Gasteiger partial charge >= 0.3 is 17.9 Å². The lowest BCUT2D eigenvalue weighted by molar-refractivity contribution is -0.226. The van der Waals surface area contributed by atoms with Crippen LogP contribution >= 0.6 is 0 Å². The van der Waals surface area contributed by atoms with E-state index in [-0.39, 0.29) is 11.4 Å². The first-order chi connectivity index (χ1) is 14.6. The number of esters is 3. The molecule has 1 aromatic carbocycles. The highest BCUT2D eigenvalue weighted by molar-refractivity contribution is 6.23. The summed E-state index contributed by atoms with van der Waals surface area (Å²) in [6.45, 7) is 3.49. The predicted octanol–water partition coefficient (Wildman–Crippen LogP) is 0.877. The monoisotopic (exact) mass is 429 g/mol. The second-order valence-corrected chi connectivity index (χ2v) is 7.45. The lowest BCUT2D eigenvalue weighted by Gasteiger charge is -2.34. The Hall–Kier alpha value is -3.53. The highest BCUT2D eigenvalue weighted by Crippen LogP contribution is 2.54. The Balaban J connectivity index is 1.71. The van der Waals surface area contributed by atoms with E-state index >= 15 is 0 Å². The molecule has 0 aromatic heterocycles. The number of imide groups is 1. The Morgan fingerprint density at radius 1 is 1.03 bits per heavy atom. The molecule has 10 heteroatoms. The van der Waals surface area contributed by atoms with Crippen molar-refractivity contribution in [3.63, 3.8) is 0 Å². The molecule has 4 rings (SSSR count). The van der Waals surface area contributed by atoms with Gasteiger partial charge in [-0.1, -0.05) is 12.1 Å². The summed E-state index contributed by atoms with van der Waals surface area (Å²) < 4.78 is 21.3. The first-order valence-electron chi connectivity index (χ1n) is 9.52. The van der Waals surface area contributed by atoms with E-state index in [0.29, 0.717) is 0 Å². The van der Waals surface area contributed by atoms with Crippen LogP contribution in [0.4, 0.5) is 5.69 Å². The molecule has 3 heterocycles. The SMILES string of the molecule is CC(=O)Oc1cccc(N2C(=O)C3C4C=CC(C(OC(C)=O)OC(C)=O)(O4)C3C2=O)c1. The molecule has 0 radical (unpaired) electrons. The van der Waals surface area contributed by atoms with Gasteiger partial charge in [0.1, 0.15) is 5.75 Å². The minimum atomic E-state index is -1.62. The first kappa shape index (κ1) is 20.7. The minimum absolute atomic E-state index is 0.174. The van der Waals surface area contributed by atoms with Gasteiger partial charge in [-0.25, -0.2) is 4.90 Å². The van der Waals surface area contributed by atoms with Crippen LogP contribution < -0.4 is 9.64 Å². The Morgan fingerprint density at radius 2 is 1.71 bits per heavy atom. The summed E-state index contributed by atoms with van der Waals surface area (Å²) in [6, 6.07) is 5.99. The van der Waals surface area contributed by atoms with E-state index in [1.165, 1.54) is 31.2 Å². The van der Waals surface area contributed by atoms with Crippen LogP contribution in [0.1, 0.15) is 20.8 Å². The normalized spacial score (nSPS) is 28.1. The molecular formula is C21H19NO9. The van der Waals surface area contributed by atoms with E-state index in [9.17, 15) is 24.0 Å². The van der Waals surface area contributed by atoms with Gasteiger partial charge in [0.25, 0.3) is 6.29 Å². The minimum Gasteiger partial charge on any atom is -0.427 e. The highest BCUT2D eigenvalue weighted by atomic mass is 16.7. The molecule has 3 aliphatic rings. The number of hydrogen-bond acceptors (Lipinski definition) is 9. The number of rotatable bonds is 5. The average molecular weight is 429 g/mol. The predicted molar refractivity (Wildman–Crippen MR) is 101 cm³/mol. The highest BCUT2D eigenvalue weighted by Gasteiger charge is 2.72. The van der Waals surface area contributed by atoms with Gasteiger partial charge in [0.15, 0.2) is 5.60 Å². The zero-order valence-electron chi connectivity index (χ0n) is 16.9. The molecule has 2 amide bonds. The smallest absolute Gasteiger partial charge is 0.308 e. The molecule has 0 spiro atoms. The van der Waals surface area contributed by atoms with Gasteiger partial charge in [-0.15, -0.1) is 0 Å². The van der Waals surface area contributed by atoms with E-state index in [4.69, 9.17) is 18.9 Å². The number of nitrogens with zero attached hydrogens (tertiary/aromatic N) is 1. The third-order valence-electron chi connectivity index (χ3n) is 5.33. The molecule has 2 fully saturated rings. The zero-order chi connectivity index (χ0) is 22.5. The molecular weight excluding hydrogens is 410 g/mol. The van der Waals surface area contributed by atoms with Crippen LogP contribution in [0, 0.1) is 11.8 Å². The van der Waals surface area contributed by atoms with E-state index in [0.717, 1.165) is 18.7 Å². The number of anilines is 1. The Morgan fingerprint density at radius 3 is 2.32 bits per heavy atom. The molecule has 0 N–H and O–H groups in total. The van der Waals surface area contributed by atoms with Crippen LogP contribution in [-0.2, 0) is 38.2 Å². The van der Waals surface area contributed by atoms with Gasteiger partial charge in [-0.2, -0.15) is 0 Å². The van der Waals surface area contributed by atoms with Crippen LogP contribution in [0.2, 0.25) is 0 Å². The van der Waals surface area contributed by atoms with E-state index in [1.54, 1.807) is 12.1 Å². The lowest BCUT2D eigenvalue weighted by atomic mass is 9.76. The van der Waals surface area contributed by atoms with Crippen molar-refractivity contribution in [1.82, 2.24) is 0 Å². The van der Waals surface area contributed by atoms with Gasteiger partial charge in [0, 0.05) is 26.8 Å². The van der Waals surface area contributed by atoms with Crippen LogP contribution in [-0.4, -0.2) is 47.7 Å². The van der Waals surface area contributed by atoms with Gasteiger partial charge < -0.3 is 18.9 Å². The van der Waals surface area contributed by atoms with Gasteiger partial charge in [0.05, 0.1) is 23.6 Å². The number of amides is 2. The van der Waals surface area contributed by atoms with Crippen LogP contribution in [0.3, 0.4) is 0 Å². The second kappa shape index (κ2) is 7.31. The summed E-state index contributed by atoms with van der Waals surface area (Å²) >= 11 is 0. The molecule has 4 unspecified atom stereocenters. The number of carbonyl (C=O) groups excluding carboxylic acids is 5. The summed E-state index contributed by atoms with van der Waals surface area (Å²) in [4.78, 5) is 62.1. The largest absolute Gasteiger partial charge is 0.427 e. The van der Waals surface area contributed by atoms with E-state index in [1.807, 2.05) is 0 Å². The molecule has 4 atom stereocenters. The standard InChI is InChI=1S/C21H19NO9/c1-10(23)28-14-6-4-5-13(9-14)22-18(26)16-15-7-8-21(31-15,17(16)19(22)27)20(29-11(2)24)30-12(3)25/h4-9,15-17,20H,1-3H3. The second-order valence-electron chi connectivity index (χ2n) is 7.45. The third-order valence-corrected chi connectivity index (χ3v) is 5.33.